The second-order valence-electron chi connectivity index (χ2n) is 5.94. The molecule has 1 aliphatic rings. The van der Waals surface area contributed by atoms with E-state index in [1.54, 1.807) is 0 Å². The summed E-state index contributed by atoms with van der Waals surface area (Å²) in [4.78, 5) is 12.9. The molecular formula is C19H23N2NaO3. The van der Waals surface area contributed by atoms with E-state index >= 15 is 0 Å². The van der Waals surface area contributed by atoms with Crippen molar-refractivity contribution in [3.05, 3.63) is 54.6 Å². The maximum atomic E-state index is 10.6. The van der Waals surface area contributed by atoms with Crippen LogP contribution in [0.3, 0.4) is 0 Å². The van der Waals surface area contributed by atoms with Gasteiger partial charge >= 0.3 is 35.5 Å². The Kier molecular flexibility index (Phi) is 7.78. The van der Waals surface area contributed by atoms with Gasteiger partial charge in [-0.1, -0.05) is 18.2 Å². The van der Waals surface area contributed by atoms with Crippen molar-refractivity contribution in [3.63, 3.8) is 0 Å². The number of para-hydroxylation sites is 1. The molecule has 0 amide bonds. The van der Waals surface area contributed by atoms with Gasteiger partial charge in [-0.05, 0) is 49.2 Å². The van der Waals surface area contributed by atoms with Gasteiger partial charge in [0.25, 0.3) is 0 Å². The SMILES string of the molecule is O=C(O)CNC1CCN(c2ccc(Oc3ccccc3)cc2)CC1.[NaH]. The molecule has 3 rings (SSSR count). The molecule has 6 heteroatoms. The van der Waals surface area contributed by atoms with Gasteiger partial charge in [0, 0.05) is 24.8 Å². The van der Waals surface area contributed by atoms with Crippen LogP contribution in [0.1, 0.15) is 12.8 Å². The molecule has 0 spiro atoms. The minimum atomic E-state index is -0.800. The Morgan fingerprint density at radius 3 is 2.24 bits per heavy atom. The van der Waals surface area contributed by atoms with Crippen molar-refractivity contribution in [2.75, 3.05) is 24.5 Å². The number of aliphatic carboxylic acids is 1. The number of nitrogens with zero attached hydrogens (tertiary/aromatic N) is 1. The molecule has 25 heavy (non-hydrogen) atoms. The average Bonchev–Trinajstić information content (AvgIpc) is 2.62. The van der Waals surface area contributed by atoms with Crippen LogP contribution in [0.2, 0.25) is 0 Å². The number of anilines is 1. The second kappa shape index (κ2) is 9.82. The molecule has 0 aromatic heterocycles. The first-order valence-electron chi connectivity index (χ1n) is 8.24. The summed E-state index contributed by atoms with van der Waals surface area (Å²) < 4.78 is 5.81. The average molecular weight is 350 g/mol. The van der Waals surface area contributed by atoms with Crippen LogP contribution in [0.5, 0.6) is 11.5 Å². The fourth-order valence-electron chi connectivity index (χ4n) is 2.92. The van der Waals surface area contributed by atoms with E-state index in [-0.39, 0.29) is 42.1 Å². The first kappa shape index (κ1) is 19.8. The monoisotopic (exact) mass is 350 g/mol. The van der Waals surface area contributed by atoms with E-state index in [9.17, 15) is 4.79 Å². The molecule has 0 aliphatic carbocycles. The number of carbonyl (C=O) groups is 1. The Balaban J connectivity index is 0.00000225. The van der Waals surface area contributed by atoms with Crippen LogP contribution in [0, 0.1) is 0 Å². The van der Waals surface area contributed by atoms with Crippen LogP contribution in [0.15, 0.2) is 54.6 Å². The molecule has 0 saturated carbocycles. The Morgan fingerprint density at radius 2 is 1.64 bits per heavy atom. The van der Waals surface area contributed by atoms with E-state index < -0.39 is 5.97 Å². The molecule has 2 N–H and O–H groups in total. The van der Waals surface area contributed by atoms with Crippen molar-refractivity contribution in [3.8, 4) is 11.5 Å². The first-order valence-corrected chi connectivity index (χ1v) is 8.24. The van der Waals surface area contributed by atoms with Gasteiger partial charge in [-0.2, -0.15) is 0 Å². The van der Waals surface area contributed by atoms with Crippen molar-refractivity contribution in [2.24, 2.45) is 0 Å². The molecule has 5 nitrogen and oxygen atoms in total. The minimum absolute atomic E-state index is 0. The predicted molar refractivity (Wildman–Crippen MR) is 101 cm³/mol. The van der Waals surface area contributed by atoms with E-state index in [0.29, 0.717) is 0 Å². The quantitative estimate of drug-likeness (QED) is 0.784. The van der Waals surface area contributed by atoms with E-state index in [1.165, 1.54) is 5.69 Å². The normalized spacial score (nSPS) is 14.6. The molecule has 0 bridgehead atoms. The van der Waals surface area contributed by atoms with Crippen molar-refractivity contribution < 1.29 is 14.6 Å². The Morgan fingerprint density at radius 1 is 1.04 bits per heavy atom. The molecule has 2 aromatic rings. The zero-order valence-electron chi connectivity index (χ0n) is 13.5. The summed E-state index contributed by atoms with van der Waals surface area (Å²) in [6, 6.07) is 18.1. The van der Waals surface area contributed by atoms with Gasteiger partial charge in [-0.15, -0.1) is 0 Å². The summed E-state index contributed by atoms with van der Waals surface area (Å²) in [6.45, 7) is 1.89. The number of nitrogens with one attached hydrogen (secondary N) is 1. The van der Waals surface area contributed by atoms with E-state index in [0.717, 1.165) is 37.4 Å². The predicted octanol–water partition coefficient (Wildman–Crippen LogP) is 2.47. The van der Waals surface area contributed by atoms with E-state index in [4.69, 9.17) is 9.84 Å². The van der Waals surface area contributed by atoms with Gasteiger partial charge in [0.05, 0.1) is 6.54 Å². The van der Waals surface area contributed by atoms with Crippen LogP contribution in [-0.2, 0) is 4.79 Å². The van der Waals surface area contributed by atoms with Crippen LogP contribution in [-0.4, -0.2) is 66.3 Å². The number of carboxylic acid groups (broad SMARTS) is 1. The van der Waals surface area contributed by atoms with Crippen LogP contribution in [0.25, 0.3) is 0 Å². The number of piperidine rings is 1. The number of hydrogen-bond acceptors (Lipinski definition) is 4. The van der Waals surface area contributed by atoms with Crippen molar-refractivity contribution in [2.45, 2.75) is 18.9 Å². The Labute approximate surface area is 170 Å². The van der Waals surface area contributed by atoms with Gasteiger partial charge in [0.2, 0.25) is 0 Å². The molecule has 1 fully saturated rings. The number of hydrogen-bond donors (Lipinski definition) is 2. The zero-order valence-corrected chi connectivity index (χ0v) is 13.5. The summed E-state index contributed by atoms with van der Waals surface area (Å²) in [6.07, 6.45) is 1.91. The van der Waals surface area contributed by atoms with Gasteiger partial charge in [-0.3, -0.25) is 4.79 Å². The van der Waals surface area contributed by atoms with Crippen LogP contribution < -0.4 is 15.0 Å². The molecule has 2 aromatic carbocycles. The fraction of sp³-hybridized carbons (Fsp3) is 0.316. The van der Waals surface area contributed by atoms with Crippen LogP contribution in [0.4, 0.5) is 5.69 Å². The Bertz CT molecular complexity index is 656. The van der Waals surface area contributed by atoms with Crippen LogP contribution >= 0.6 is 0 Å². The summed E-state index contributed by atoms with van der Waals surface area (Å²) in [5.74, 6) is 0.852. The number of carboxylic acids is 1. The number of rotatable bonds is 6. The van der Waals surface area contributed by atoms with E-state index in [1.807, 2.05) is 42.5 Å². The third kappa shape index (κ3) is 6.04. The molecule has 1 aliphatic heterocycles. The summed E-state index contributed by atoms with van der Waals surface area (Å²) >= 11 is 0. The third-order valence-corrected chi connectivity index (χ3v) is 4.22. The van der Waals surface area contributed by atoms with Gasteiger partial charge in [0.15, 0.2) is 0 Å². The van der Waals surface area contributed by atoms with Crippen molar-refractivity contribution >= 4 is 41.2 Å². The first-order chi connectivity index (χ1) is 11.7. The molecule has 0 unspecified atom stereocenters. The molecule has 0 atom stereocenters. The number of benzene rings is 2. The van der Waals surface area contributed by atoms with Crippen molar-refractivity contribution in [1.82, 2.24) is 5.32 Å². The standard InChI is InChI=1S/C19H22N2O3.Na.H/c22-19(23)14-20-15-10-12-21(13-11-15)16-6-8-18(9-7-16)24-17-4-2-1-3-5-17;;/h1-9,15,20H,10-14H2,(H,22,23);;. The van der Waals surface area contributed by atoms with Gasteiger partial charge < -0.3 is 20.1 Å². The Hall–Kier alpha value is -1.53. The molecular weight excluding hydrogens is 327 g/mol. The molecule has 1 saturated heterocycles. The van der Waals surface area contributed by atoms with Gasteiger partial charge in [-0.25, -0.2) is 0 Å². The second-order valence-corrected chi connectivity index (χ2v) is 5.94. The summed E-state index contributed by atoms with van der Waals surface area (Å²) in [5, 5.41) is 11.8. The molecule has 0 radical (unpaired) electrons. The fourth-order valence-corrected chi connectivity index (χ4v) is 2.92. The third-order valence-electron chi connectivity index (χ3n) is 4.22. The zero-order chi connectivity index (χ0) is 16.8. The molecule has 128 valence electrons. The topological polar surface area (TPSA) is 61.8 Å². The number of ether oxygens (including phenoxy) is 1. The maximum absolute atomic E-state index is 10.6. The van der Waals surface area contributed by atoms with Gasteiger partial charge in [0.1, 0.15) is 11.5 Å². The summed E-state index contributed by atoms with van der Waals surface area (Å²) in [7, 11) is 0. The summed E-state index contributed by atoms with van der Waals surface area (Å²) in [5.41, 5.74) is 1.17. The molecule has 1 heterocycles. The van der Waals surface area contributed by atoms with Crippen molar-refractivity contribution in [1.29, 1.82) is 0 Å². The van der Waals surface area contributed by atoms with E-state index in [2.05, 4.69) is 22.3 Å².